The zero-order valence-electron chi connectivity index (χ0n) is 19.5. The van der Waals surface area contributed by atoms with Crippen molar-refractivity contribution >= 4 is 28.5 Å². The van der Waals surface area contributed by atoms with E-state index in [1.165, 1.54) is 51.0 Å². The van der Waals surface area contributed by atoms with Gasteiger partial charge in [0.05, 0.1) is 0 Å². The molecule has 0 aliphatic rings. The quantitative estimate of drug-likeness (QED) is 0.186. The number of rotatable bonds is 15. The van der Waals surface area contributed by atoms with Crippen molar-refractivity contribution < 1.29 is 13.0 Å². The Labute approximate surface area is 184 Å². The Balaban J connectivity index is 2.87. The molecule has 0 bridgehead atoms. The van der Waals surface area contributed by atoms with Crippen LogP contribution in [0.3, 0.4) is 0 Å². The second-order valence-electron chi connectivity index (χ2n) is 9.03. The monoisotopic (exact) mass is 532 g/mol. The third-order valence-electron chi connectivity index (χ3n) is 6.83. The van der Waals surface area contributed by atoms with Gasteiger partial charge >= 0.3 is 185 Å². The van der Waals surface area contributed by atoms with Gasteiger partial charge in [-0.05, 0) is 0 Å². The molecule has 0 amide bonds. The fourth-order valence-electron chi connectivity index (χ4n) is 4.68. The number of hydrogen-bond donors (Lipinski definition) is 1. The Hall–Kier alpha value is -0.0713. The first kappa shape index (κ1) is 27.0. The molecule has 0 fully saturated rings. The van der Waals surface area contributed by atoms with E-state index in [1.54, 1.807) is 19.4 Å². The van der Waals surface area contributed by atoms with Gasteiger partial charge in [-0.2, -0.15) is 0 Å². The molecule has 1 aromatic rings. The van der Waals surface area contributed by atoms with Crippen LogP contribution in [-0.4, -0.2) is 31.3 Å². The van der Waals surface area contributed by atoms with Crippen LogP contribution in [0.15, 0.2) is 23.1 Å². The molecule has 1 unspecified atom stereocenters. The first-order chi connectivity index (χ1) is 13.7. The predicted molar refractivity (Wildman–Crippen MR) is 128 cm³/mol. The van der Waals surface area contributed by atoms with Crippen LogP contribution in [0.5, 0.6) is 0 Å². The van der Waals surface area contributed by atoms with Crippen LogP contribution in [-0.2, 0) is 16.5 Å². The first-order valence-electron chi connectivity index (χ1n) is 11.8. The molecule has 0 aliphatic carbocycles. The van der Waals surface area contributed by atoms with E-state index >= 15 is 0 Å². The summed E-state index contributed by atoms with van der Waals surface area (Å²) in [6, 6.07) is 4.98. The van der Waals surface area contributed by atoms with Crippen molar-refractivity contribution in [1.29, 1.82) is 0 Å². The molecular weight excluding hydrogens is 487 g/mol. The number of unbranched alkanes of at least 4 members (excludes halogenated alkanes) is 3. The van der Waals surface area contributed by atoms with Crippen molar-refractivity contribution in [2.24, 2.45) is 0 Å². The second kappa shape index (κ2) is 13.4. The van der Waals surface area contributed by atoms with Crippen LogP contribution < -0.4 is 0 Å². The van der Waals surface area contributed by atoms with E-state index in [0.717, 1.165) is 27.9 Å². The average molecular weight is 531 g/mol. The van der Waals surface area contributed by atoms with Crippen molar-refractivity contribution in [2.75, 3.05) is 0 Å². The third kappa shape index (κ3) is 8.90. The van der Waals surface area contributed by atoms with Gasteiger partial charge in [-0.15, -0.1) is 0 Å². The molecule has 1 aromatic carbocycles. The number of aryl methyl sites for hydroxylation is 2. The SMILES string of the molecule is CCC[CH2][Sn]([CH2]CCC)([CH2]CCC)[CH](C)CCCc1cc(S(=O)(=O)O)ccc1C. The molecular formula is C24H44O3SSn. The molecule has 0 radical (unpaired) electrons. The Morgan fingerprint density at radius 3 is 1.90 bits per heavy atom. The summed E-state index contributed by atoms with van der Waals surface area (Å²) in [7, 11) is -4.13. The summed E-state index contributed by atoms with van der Waals surface area (Å²) in [5, 5.41) is 0. The molecule has 3 nitrogen and oxygen atoms in total. The van der Waals surface area contributed by atoms with Crippen LogP contribution in [0.2, 0.25) is 17.2 Å². The summed E-state index contributed by atoms with van der Waals surface area (Å²) in [6.07, 6.45) is 11.4. The van der Waals surface area contributed by atoms with Crippen molar-refractivity contribution in [3.05, 3.63) is 29.3 Å². The standard InChI is InChI=1S/C12H17O3S.3C4H9.Sn/c1-3-4-5-6-11-9-12(16(13,14)15)8-7-10(11)2;3*1-3-4-2;/h3,7-9H,4-6H2,1-2H3,(H,13,14,15);3*1,3-4H2,2H3;. The van der Waals surface area contributed by atoms with E-state index < -0.39 is 28.5 Å². The Morgan fingerprint density at radius 1 is 0.931 bits per heavy atom. The molecule has 0 aliphatic heterocycles. The van der Waals surface area contributed by atoms with E-state index in [0.29, 0.717) is 0 Å². The van der Waals surface area contributed by atoms with Gasteiger partial charge in [0.1, 0.15) is 0 Å². The summed E-state index contributed by atoms with van der Waals surface area (Å²) in [6.45, 7) is 11.5. The van der Waals surface area contributed by atoms with Crippen molar-refractivity contribution in [1.82, 2.24) is 0 Å². The van der Waals surface area contributed by atoms with E-state index in [4.69, 9.17) is 0 Å². The fourth-order valence-corrected chi connectivity index (χ4v) is 23.0. The molecule has 0 saturated carbocycles. The Morgan fingerprint density at radius 2 is 1.45 bits per heavy atom. The van der Waals surface area contributed by atoms with Crippen LogP contribution >= 0.6 is 0 Å². The average Bonchev–Trinajstić information content (AvgIpc) is 2.68. The summed E-state index contributed by atoms with van der Waals surface area (Å²) in [5.74, 6) is 0. The zero-order chi connectivity index (χ0) is 21.9. The van der Waals surface area contributed by atoms with E-state index in [2.05, 4.69) is 27.7 Å². The Kier molecular flexibility index (Phi) is 12.4. The van der Waals surface area contributed by atoms with Gasteiger partial charge in [0.15, 0.2) is 0 Å². The van der Waals surface area contributed by atoms with Gasteiger partial charge in [-0.3, -0.25) is 0 Å². The first-order valence-corrected chi connectivity index (χ1v) is 20.9. The summed E-state index contributed by atoms with van der Waals surface area (Å²) in [4.78, 5) is 0.0218. The number of hydrogen-bond acceptors (Lipinski definition) is 2. The minimum atomic E-state index is -4.13. The molecule has 29 heavy (non-hydrogen) atoms. The Bertz CT molecular complexity index is 678. The molecule has 0 aromatic heterocycles. The van der Waals surface area contributed by atoms with Crippen LogP contribution in [0.1, 0.15) is 90.2 Å². The maximum atomic E-state index is 11.5. The topological polar surface area (TPSA) is 54.4 Å². The molecule has 0 heterocycles. The van der Waals surface area contributed by atoms with Gasteiger partial charge in [0, 0.05) is 0 Å². The van der Waals surface area contributed by atoms with Crippen molar-refractivity contribution in [3.8, 4) is 0 Å². The summed E-state index contributed by atoms with van der Waals surface area (Å²) >= 11 is -2.18. The predicted octanol–water partition coefficient (Wildman–Crippen LogP) is 7.80. The summed E-state index contributed by atoms with van der Waals surface area (Å²) in [5.41, 5.74) is 2.17. The maximum absolute atomic E-state index is 11.5. The van der Waals surface area contributed by atoms with Gasteiger partial charge in [0.2, 0.25) is 0 Å². The second-order valence-corrected chi connectivity index (χ2v) is 25.3. The molecule has 5 heteroatoms. The van der Waals surface area contributed by atoms with E-state index in [1.807, 2.05) is 13.0 Å². The molecule has 1 N–H and O–H groups in total. The van der Waals surface area contributed by atoms with Gasteiger partial charge < -0.3 is 0 Å². The van der Waals surface area contributed by atoms with E-state index in [9.17, 15) is 13.0 Å². The van der Waals surface area contributed by atoms with Crippen molar-refractivity contribution in [2.45, 2.75) is 115 Å². The summed E-state index contributed by atoms with van der Waals surface area (Å²) < 4.78 is 37.8. The van der Waals surface area contributed by atoms with Gasteiger partial charge in [0.25, 0.3) is 0 Å². The zero-order valence-corrected chi connectivity index (χ0v) is 23.1. The molecule has 168 valence electrons. The fraction of sp³-hybridized carbons (Fsp3) is 0.750. The van der Waals surface area contributed by atoms with Crippen LogP contribution in [0.25, 0.3) is 0 Å². The van der Waals surface area contributed by atoms with Crippen LogP contribution in [0.4, 0.5) is 0 Å². The van der Waals surface area contributed by atoms with Crippen LogP contribution in [0, 0.1) is 6.92 Å². The van der Waals surface area contributed by atoms with Gasteiger partial charge in [-0.25, -0.2) is 0 Å². The molecule has 0 spiro atoms. The molecule has 0 saturated heterocycles. The molecule has 1 rings (SSSR count). The molecule has 1 atom stereocenters. The normalized spacial score (nSPS) is 13.6. The van der Waals surface area contributed by atoms with E-state index in [-0.39, 0.29) is 4.90 Å². The third-order valence-corrected chi connectivity index (χ3v) is 26.0. The minimum absolute atomic E-state index is 0.0218. The van der Waals surface area contributed by atoms with Crippen molar-refractivity contribution in [3.63, 3.8) is 0 Å². The number of benzene rings is 1. The van der Waals surface area contributed by atoms with Gasteiger partial charge in [-0.1, -0.05) is 0 Å².